The molecule has 0 heterocycles. The Balaban J connectivity index is 1.80. The molecular weight excluding hydrogens is 524 g/mol. The van der Waals surface area contributed by atoms with E-state index in [1.54, 1.807) is 79.7 Å². The zero-order valence-electron chi connectivity index (χ0n) is 21.8. The fourth-order valence-corrected chi connectivity index (χ4v) is 3.70. The third kappa shape index (κ3) is 7.42. The molecule has 0 aliphatic rings. The molecule has 10 nitrogen and oxygen atoms in total. The van der Waals surface area contributed by atoms with Crippen LogP contribution < -0.4 is 4.90 Å². The van der Waals surface area contributed by atoms with Crippen LogP contribution in [0.25, 0.3) is 0 Å². The average molecular weight is 551 g/mol. The molecule has 0 saturated carbocycles. The first-order valence-corrected chi connectivity index (χ1v) is 12.0. The molecule has 202 valence electrons. The second-order valence-electron chi connectivity index (χ2n) is 7.84. The molecule has 0 N–H and O–H groups in total. The van der Waals surface area contributed by atoms with Crippen molar-refractivity contribution in [2.75, 3.05) is 26.2 Å². The summed E-state index contributed by atoms with van der Waals surface area (Å²) in [4.78, 5) is 40.9. The number of nitrogens with zero attached hydrogens (tertiary/aromatic N) is 4. The quantitative estimate of drug-likeness (QED) is 0.134. The van der Waals surface area contributed by atoms with Gasteiger partial charge in [-0.1, -0.05) is 63.5 Å². The molecule has 0 bridgehead atoms. The van der Waals surface area contributed by atoms with E-state index in [2.05, 4.69) is 15.5 Å². The first-order valence-electron chi connectivity index (χ1n) is 11.6. The highest BCUT2D eigenvalue weighted by Gasteiger charge is 2.19. The maximum atomic E-state index is 12.2. The van der Waals surface area contributed by atoms with Crippen LogP contribution in [0.15, 0.2) is 88.3 Å². The Bertz CT molecular complexity index is 1370. The summed E-state index contributed by atoms with van der Waals surface area (Å²) in [6, 6.07) is 21.1. The molecule has 11 heteroatoms. The number of carbonyl (C=O) groups is 2. The maximum Gasteiger partial charge on any atom is 0.360 e. The first kappa shape index (κ1) is 28.9. The van der Waals surface area contributed by atoms with Crippen LogP contribution in [0, 0.1) is 0 Å². The maximum absolute atomic E-state index is 12.2. The van der Waals surface area contributed by atoms with Crippen molar-refractivity contribution in [2.24, 2.45) is 15.5 Å². The molecule has 0 aliphatic carbocycles. The molecule has 0 atom stereocenters. The molecular formula is C28H27ClN4O6. The van der Waals surface area contributed by atoms with Gasteiger partial charge in [0, 0.05) is 33.1 Å². The van der Waals surface area contributed by atoms with E-state index >= 15 is 0 Å². The Morgan fingerprint density at radius 3 is 2.03 bits per heavy atom. The van der Waals surface area contributed by atoms with Crippen molar-refractivity contribution in [3.8, 4) is 0 Å². The topological polar surface area (TPSA) is 111 Å². The van der Waals surface area contributed by atoms with Crippen molar-refractivity contribution < 1.29 is 28.8 Å². The predicted molar refractivity (Wildman–Crippen MR) is 150 cm³/mol. The number of ether oxygens (including phenoxy) is 1. The molecule has 0 fully saturated rings. The van der Waals surface area contributed by atoms with Crippen LogP contribution in [0.3, 0.4) is 0 Å². The molecule has 39 heavy (non-hydrogen) atoms. The molecule has 0 aliphatic heterocycles. The molecule has 0 saturated heterocycles. The number of methoxy groups -OCH3 is 1. The average Bonchev–Trinajstić information content (AvgIpc) is 2.96. The smallest absolute Gasteiger partial charge is 0.360 e. The van der Waals surface area contributed by atoms with E-state index in [0.29, 0.717) is 44.5 Å². The van der Waals surface area contributed by atoms with Crippen molar-refractivity contribution in [1.82, 2.24) is 0 Å². The summed E-state index contributed by atoms with van der Waals surface area (Å²) in [5.74, 6) is -0.647. The number of halogens is 1. The van der Waals surface area contributed by atoms with Crippen LogP contribution in [0.5, 0.6) is 0 Å². The van der Waals surface area contributed by atoms with Crippen LogP contribution in [0.4, 0.5) is 11.4 Å². The lowest BCUT2D eigenvalue weighted by Gasteiger charge is -2.18. The molecule has 3 aromatic carbocycles. The number of esters is 1. The minimum Gasteiger partial charge on any atom is -0.464 e. The van der Waals surface area contributed by atoms with E-state index in [4.69, 9.17) is 30.9 Å². The highest BCUT2D eigenvalue weighted by atomic mass is 35.5. The highest BCUT2D eigenvalue weighted by molar-refractivity contribution is 6.47. The summed E-state index contributed by atoms with van der Waals surface area (Å²) in [6.07, 6.45) is 0.726. The van der Waals surface area contributed by atoms with Gasteiger partial charge in [-0.25, -0.2) is 4.79 Å². The summed E-state index contributed by atoms with van der Waals surface area (Å²) in [7, 11) is 4.03. The van der Waals surface area contributed by atoms with Gasteiger partial charge in [-0.2, -0.15) is 0 Å². The second-order valence-corrected chi connectivity index (χ2v) is 8.28. The Labute approximate surface area is 231 Å². The minimum atomic E-state index is -0.647. The zero-order chi connectivity index (χ0) is 28.2. The zero-order valence-corrected chi connectivity index (χ0v) is 22.6. The molecule has 1 amide bonds. The normalized spacial score (nSPS) is 12.0. The van der Waals surface area contributed by atoms with E-state index in [-0.39, 0.29) is 12.3 Å². The standard InChI is InChI=1S/C28H27ClN4O6/c1-19(30-39-17-21-7-5-6-8-25(21)27(32-38-4)28(35)36-2)26(31-37-3)20-9-13-23(14-10-20)33(18-34)24-15-11-22(29)12-16-24/h5-16,18H,17H2,1-4H3/b30-19+,31-26-,32-27+. The predicted octanol–water partition coefficient (Wildman–Crippen LogP) is 5.10. The van der Waals surface area contributed by atoms with Crippen molar-refractivity contribution in [2.45, 2.75) is 13.5 Å². The highest BCUT2D eigenvalue weighted by Crippen LogP contribution is 2.26. The van der Waals surface area contributed by atoms with E-state index in [9.17, 15) is 9.59 Å². The lowest BCUT2D eigenvalue weighted by atomic mass is 10.0. The lowest BCUT2D eigenvalue weighted by Crippen LogP contribution is -2.19. The van der Waals surface area contributed by atoms with E-state index < -0.39 is 5.97 Å². The summed E-state index contributed by atoms with van der Waals surface area (Å²) in [5.41, 5.74) is 4.00. The van der Waals surface area contributed by atoms with E-state index in [1.165, 1.54) is 26.2 Å². The number of amides is 1. The first-order chi connectivity index (χ1) is 18.9. The van der Waals surface area contributed by atoms with Crippen LogP contribution in [-0.4, -0.2) is 50.8 Å². The lowest BCUT2D eigenvalue weighted by molar-refractivity contribution is -0.132. The Morgan fingerprint density at radius 2 is 1.44 bits per heavy atom. The Morgan fingerprint density at radius 1 is 0.846 bits per heavy atom. The van der Waals surface area contributed by atoms with Gasteiger partial charge in [-0.3, -0.25) is 9.69 Å². The van der Waals surface area contributed by atoms with E-state index in [1.807, 2.05) is 0 Å². The van der Waals surface area contributed by atoms with Gasteiger partial charge >= 0.3 is 5.97 Å². The number of anilines is 2. The second kappa shape index (κ2) is 14.3. The Kier molecular flexibility index (Phi) is 10.6. The molecule has 0 radical (unpaired) electrons. The van der Waals surface area contributed by atoms with Crippen molar-refractivity contribution in [3.63, 3.8) is 0 Å². The summed E-state index contributed by atoms with van der Waals surface area (Å²) < 4.78 is 4.81. The number of benzene rings is 3. The van der Waals surface area contributed by atoms with Gasteiger partial charge < -0.3 is 19.2 Å². The van der Waals surface area contributed by atoms with E-state index in [0.717, 1.165) is 6.41 Å². The number of hydrogen-bond donors (Lipinski definition) is 0. The monoisotopic (exact) mass is 550 g/mol. The van der Waals surface area contributed by atoms with Crippen molar-refractivity contribution >= 4 is 52.5 Å². The van der Waals surface area contributed by atoms with Gasteiger partial charge in [0.25, 0.3) is 0 Å². The summed E-state index contributed by atoms with van der Waals surface area (Å²) >= 11 is 5.96. The number of rotatable bonds is 12. The summed E-state index contributed by atoms with van der Waals surface area (Å²) in [5, 5.41) is 12.7. The van der Waals surface area contributed by atoms with Crippen LogP contribution in [-0.2, 0) is 35.4 Å². The van der Waals surface area contributed by atoms with Crippen LogP contribution in [0.1, 0.15) is 23.6 Å². The van der Waals surface area contributed by atoms with Crippen molar-refractivity contribution in [1.29, 1.82) is 0 Å². The number of carbonyl (C=O) groups excluding carboxylic acids is 2. The van der Waals surface area contributed by atoms with Gasteiger partial charge in [0.2, 0.25) is 6.41 Å². The fraction of sp³-hybridized carbons (Fsp3) is 0.179. The molecule has 3 rings (SSSR count). The van der Waals surface area contributed by atoms with Gasteiger partial charge in [-0.15, -0.1) is 0 Å². The third-order valence-electron chi connectivity index (χ3n) is 5.41. The fourth-order valence-electron chi connectivity index (χ4n) is 3.57. The van der Waals surface area contributed by atoms with Gasteiger partial charge in [0.15, 0.2) is 5.71 Å². The van der Waals surface area contributed by atoms with Gasteiger partial charge in [0.05, 0.1) is 7.11 Å². The number of oxime groups is 3. The largest absolute Gasteiger partial charge is 0.464 e. The summed E-state index contributed by atoms with van der Waals surface area (Å²) in [6.45, 7) is 1.75. The SMILES string of the molecule is CO/N=C(/C(C)=N/OCc1ccccc1/C(=N\OC)C(=O)OC)c1ccc(N(C=O)c2ccc(Cl)cc2)cc1. The molecule has 0 aromatic heterocycles. The van der Waals surface area contributed by atoms with Gasteiger partial charge in [0.1, 0.15) is 32.2 Å². The van der Waals surface area contributed by atoms with Crippen LogP contribution >= 0.6 is 11.6 Å². The number of hydrogen-bond acceptors (Lipinski definition) is 9. The minimum absolute atomic E-state index is 0.00425. The van der Waals surface area contributed by atoms with Crippen molar-refractivity contribution in [3.05, 3.63) is 94.5 Å². The molecule has 0 spiro atoms. The molecule has 3 aromatic rings. The Hall–Kier alpha value is -4.70. The van der Waals surface area contributed by atoms with Crippen LogP contribution in [0.2, 0.25) is 5.02 Å². The molecule has 0 unspecified atom stereocenters. The third-order valence-corrected chi connectivity index (χ3v) is 5.66. The van der Waals surface area contributed by atoms with Gasteiger partial charge in [-0.05, 0) is 43.3 Å².